The van der Waals surface area contributed by atoms with E-state index in [0.29, 0.717) is 6.42 Å². The van der Waals surface area contributed by atoms with Gasteiger partial charge in [0.2, 0.25) is 0 Å². The number of ether oxygens (including phenoxy) is 1. The molecule has 1 unspecified atom stereocenters. The molecule has 0 saturated heterocycles. The lowest BCUT2D eigenvalue weighted by molar-refractivity contribution is -0.141. The summed E-state index contributed by atoms with van der Waals surface area (Å²) >= 11 is 0. The van der Waals surface area contributed by atoms with Crippen molar-refractivity contribution < 1.29 is 18.4 Å². The molecule has 0 amide bonds. The first-order chi connectivity index (χ1) is 11.1. The lowest BCUT2D eigenvalue weighted by atomic mass is 10.2. The predicted molar refractivity (Wildman–Crippen MR) is 95.1 cm³/mol. The van der Waals surface area contributed by atoms with E-state index in [9.17, 15) is 4.79 Å². The van der Waals surface area contributed by atoms with Gasteiger partial charge in [0, 0.05) is 20.3 Å². The van der Waals surface area contributed by atoms with Gasteiger partial charge in [0.05, 0.1) is 0 Å². The van der Waals surface area contributed by atoms with Crippen molar-refractivity contribution in [2.24, 2.45) is 0 Å². The van der Waals surface area contributed by atoms with Gasteiger partial charge in [-0.2, -0.15) is 0 Å². The number of unbranched alkanes of at least 4 members (excludes halogenated alkanes) is 1. The second kappa shape index (κ2) is 10.4. The third kappa shape index (κ3) is 5.93. The maximum Gasteiger partial charge on any atom is 0.379 e. The van der Waals surface area contributed by atoms with Gasteiger partial charge in [0.1, 0.15) is 5.73 Å². The summed E-state index contributed by atoms with van der Waals surface area (Å²) in [5, 5.41) is 0. The van der Waals surface area contributed by atoms with Crippen molar-refractivity contribution in [1.82, 2.24) is 0 Å². The van der Waals surface area contributed by atoms with Crippen LogP contribution in [0.5, 0.6) is 0 Å². The zero-order valence-electron chi connectivity index (χ0n) is 14.6. The Morgan fingerprint density at radius 1 is 1.17 bits per heavy atom. The van der Waals surface area contributed by atoms with E-state index in [0.717, 1.165) is 24.4 Å². The van der Waals surface area contributed by atoms with E-state index in [4.69, 9.17) is 13.6 Å². The molecular formula is C18H28O4Si. The molecule has 1 rings (SSSR count). The molecule has 4 nitrogen and oxygen atoms in total. The highest BCUT2D eigenvalue weighted by atomic mass is 28.4. The Morgan fingerprint density at radius 3 is 2.35 bits per heavy atom. The second-order valence-electron chi connectivity index (χ2n) is 5.40. The third-order valence-corrected chi connectivity index (χ3v) is 7.84. The molecule has 128 valence electrons. The summed E-state index contributed by atoms with van der Waals surface area (Å²) in [7, 11) is 0.767. The van der Waals surface area contributed by atoms with E-state index < -0.39 is 8.56 Å². The SMILES string of the molecule is CCCC[Si](OC)(OC)C(CC)OC(=O)/C=C/c1ccccc1. The maximum atomic E-state index is 12.1. The number of carbonyl (C=O) groups excluding carboxylic acids is 1. The van der Waals surface area contributed by atoms with E-state index >= 15 is 0 Å². The Kier molecular flexibility index (Phi) is 8.84. The minimum absolute atomic E-state index is 0.308. The van der Waals surface area contributed by atoms with Crippen LogP contribution >= 0.6 is 0 Å². The van der Waals surface area contributed by atoms with Crippen LogP contribution in [0.15, 0.2) is 36.4 Å². The first-order valence-corrected chi connectivity index (χ1v) is 10.3. The highest BCUT2D eigenvalue weighted by molar-refractivity contribution is 6.68. The first-order valence-electron chi connectivity index (χ1n) is 8.15. The largest absolute Gasteiger partial charge is 0.457 e. The average Bonchev–Trinajstić information content (AvgIpc) is 2.60. The van der Waals surface area contributed by atoms with Crippen LogP contribution in [-0.2, 0) is 18.4 Å². The van der Waals surface area contributed by atoms with Crippen LogP contribution in [0.4, 0.5) is 0 Å². The Balaban J connectivity index is 2.76. The molecule has 1 atom stereocenters. The zero-order chi connectivity index (χ0) is 17.1. The number of hydrogen-bond acceptors (Lipinski definition) is 4. The molecule has 5 heteroatoms. The lowest BCUT2D eigenvalue weighted by Gasteiger charge is -2.33. The van der Waals surface area contributed by atoms with E-state index in [2.05, 4.69) is 6.92 Å². The van der Waals surface area contributed by atoms with Crippen molar-refractivity contribution in [3.63, 3.8) is 0 Å². The van der Waals surface area contributed by atoms with E-state index in [1.807, 2.05) is 37.3 Å². The minimum Gasteiger partial charge on any atom is -0.457 e. The Hall–Kier alpha value is -1.43. The van der Waals surface area contributed by atoms with Crippen LogP contribution in [-0.4, -0.2) is 34.5 Å². The fraction of sp³-hybridized carbons (Fsp3) is 0.500. The van der Waals surface area contributed by atoms with Gasteiger partial charge in [-0.1, -0.05) is 57.0 Å². The Labute approximate surface area is 140 Å². The molecule has 0 aromatic heterocycles. The number of esters is 1. The highest BCUT2D eigenvalue weighted by Gasteiger charge is 2.45. The topological polar surface area (TPSA) is 44.8 Å². The van der Waals surface area contributed by atoms with Gasteiger partial charge in [-0.25, -0.2) is 4.79 Å². The van der Waals surface area contributed by atoms with Gasteiger partial charge in [-0.15, -0.1) is 0 Å². The van der Waals surface area contributed by atoms with Crippen LogP contribution in [0.25, 0.3) is 6.08 Å². The maximum absolute atomic E-state index is 12.1. The lowest BCUT2D eigenvalue weighted by Crippen LogP contribution is -2.53. The molecule has 0 radical (unpaired) electrons. The highest BCUT2D eigenvalue weighted by Crippen LogP contribution is 2.24. The summed E-state index contributed by atoms with van der Waals surface area (Å²) in [6.07, 6.45) is 5.95. The molecule has 0 aliphatic rings. The van der Waals surface area contributed by atoms with Crippen molar-refractivity contribution in [3.8, 4) is 0 Å². The summed E-state index contributed by atoms with van der Waals surface area (Å²) < 4.78 is 17.1. The quantitative estimate of drug-likeness (QED) is 0.367. The van der Waals surface area contributed by atoms with Gasteiger partial charge in [-0.05, 0) is 24.1 Å². The monoisotopic (exact) mass is 336 g/mol. The molecule has 0 heterocycles. The van der Waals surface area contributed by atoms with Crippen molar-refractivity contribution in [3.05, 3.63) is 42.0 Å². The second-order valence-corrected chi connectivity index (χ2v) is 8.99. The summed E-state index contributed by atoms with van der Waals surface area (Å²) in [6.45, 7) is 4.12. The fourth-order valence-electron chi connectivity index (χ4n) is 2.53. The normalized spacial score (nSPS) is 13.2. The van der Waals surface area contributed by atoms with Crippen LogP contribution in [0.1, 0.15) is 38.7 Å². The molecule has 0 aliphatic heterocycles. The number of carbonyl (C=O) groups is 1. The molecular weight excluding hydrogens is 308 g/mol. The van der Waals surface area contributed by atoms with Gasteiger partial charge < -0.3 is 13.6 Å². The molecule has 1 aromatic rings. The zero-order valence-corrected chi connectivity index (χ0v) is 15.6. The number of benzene rings is 1. The average molecular weight is 337 g/mol. The first kappa shape index (κ1) is 19.6. The van der Waals surface area contributed by atoms with Crippen LogP contribution in [0.3, 0.4) is 0 Å². The van der Waals surface area contributed by atoms with Crippen molar-refractivity contribution in [2.75, 3.05) is 14.2 Å². The van der Waals surface area contributed by atoms with E-state index in [1.165, 1.54) is 6.08 Å². The number of rotatable bonds is 10. The third-order valence-electron chi connectivity index (χ3n) is 3.90. The molecule has 0 N–H and O–H groups in total. The summed E-state index contributed by atoms with van der Waals surface area (Å²) in [5.74, 6) is -0.358. The summed E-state index contributed by atoms with van der Waals surface area (Å²) in [5.41, 5.74) is 0.655. The molecule has 0 bridgehead atoms. The predicted octanol–water partition coefficient (Wildman–Crippen LogP) is 4.10. The molecule has 1 aromatic carbocycles. The van der Waals surface area contributed by atoms with Crippen LogP contribution in [0, 0.1) is 0 Å². The Bertz CT molecular complexity index is 483. The number of hydrogen-bond donors (Lipinski definition) is 0. The smallest absolute Gasteiger partial charge is 0.379 e. The van der Waals surface area contributed by atoms with Gasteiger partial charge in [-0.3, -0.25) is 0 Å². The van der Waals surface area contributed by atoms with Gasteiger partial charge in [0.25, 0.3) is 0 Å². The molecule has 0 fully saturated rings. The van der Waals surface area contributed by atoms with Crippen LogP contribution < -0.4 is 0 Å². The van der Waals surface area contributed by atoms with E-state index in [-0.39, 0.29) is 11.7 Å². The standard InChI is InChI=1S/C18H28O4Si/c1-5-7-15-23(20-3,21-4)18(6-2)22-17(19)14-13-16-11-9-8-10-12-16/h8-14,18H,5-7,15H2,1-4H3/b14-13+. The van der Waals surface area contributed by atoms with E-state index in [1.54, 1.807) is 20.3 Å². The molecule has 0 saturated carbocycles. The Morgan fingerprint density at radius 2 is 1.83 bits per heavy atom. The van der Waals surface area contributed by atoms with Crippen molar-refractivity contribution >= 4 is 20.6 Å². The van der Waals surface area contributed by atoms with Crippen LogP contribution in [0.2, 0.25) is 6.04 Å². The molecule has 23 heavy (non-hydrogen) atoms. The van der Waals surface area contributed by atoms with Crippen molar-refractivity contribution in [2.45, 2.75) is 44.9 Å². The summed E-state index contributed by atoms with van der Waals surface area (Å²) in [6, 6.07) is 10.5. The van der Waals surface area contributed by atoms with Crippen molar-refractivity contribution in [1.29, 1.82) is 0 Å². The minimum atomic E-state index is -2.54. The summed E-state index contributed by atoms with van der Waals surface area (Å²) in [4.78, 5) is 12.1. The van der Waals surface area contributed by atoms with Gasteiger partial charge in [0.15, 0.2) is 0 Å². The molecule has 0 spiro atoms. The molecule has 0 aliphatic carbocycles. The fourth-order valence-corrected chi connectivity index (χ4v) is 5.71. The van der Waals surface area contributed by atoms with Gasteiger partial charge >= 0.3 is 14.5 Å².